The SMILES string of the molecule is O=C(O)Cc1nc(Cl)sc1Cl. The van der Waals surface area contributed by atoms with Gasteiger partial charge in [-0.2, -0.15) is 0 Å². The van der Waals surface area contributed by atoms with E-state index in [0.29, 0.717) is 10.0 Å². The molecular weight excluding hydrogens is 209 g/mol. The molecular formula is C5H3Cl2NO2S. The number of thiazole rings is 1. The van der Waals surface area contributed by atoms with Gasteiger partial charge >= 0.3 is 5.97 Å². The lowest BCUT2D eigenvalue weighted by molar-refractivity contribution is -0.136. The van der Waals surface area contributed by atoms with E-state index in [-0.39, 0.29) is 10.9 Å². The fraction of sp³-hybridized carbons (Fsp3) is 0.200. The highest BCUT2D eigenvalue weighted by Crippen LogP contribution is 2.27. The molecule has 1 rings (SSSR count). The van der Waals surface area contributed by atoms with Crippen LogP contribution in [0.15, 0.2) is 0 Å². The Hall–Kier alpha value is -0.320. The van der Waals surface area contributed by atoms with E-state index >= 15 is 0 Å². The van der Waals surface area contributed by atoms with Crippen LogP contribution in [0, 0.1) is 0 Å². The molecule has 1 heterocycles. The average Bonchev–Trinajstić information content (AvgIpc) is 2.09. The monoisotopic (exact) mass is 211 g/mol. The van der Waals surface area contributed by atoms with E-state index in [1.54, 1.807) is 0 Å². The molecule has 0 radical (unpaired) electrons. The minimum Gasteiger partial charge on any atom is -0.481 e. The number of halogens is 2. The van der Waals surface area contributed by atoms with Gasteiger partial charge in [-0.25, -0.2) is 4.98 Å². The maximum absolute atomic E-state index is 10.2. The standard InChI is InChI=1S/C5H3Cl2NO2S/c6-4-2(1-3(9)10)8-5(7)11-4/h1H2,(H,9,10). The Morgan fingerprint density at radius 2 is 2.27 bits per heavy atom. The molecule has 11 heavy (non-hydrogen) atoms. The molecule has 3 nitrogen and oxygen atoms in total. The molecule has 6 heteroatoms. The largest absolute Gasteiger partial charge is 0.481 e. The maximum Gasteiger partial charge on any atom is 0.309 e. The zero-order valence-corrected chi connectivity index (χ0v) is 7.50. The number of rotatable bonds is 2. The number of carboxylic acids is 1. The van der Waals surface area contributed by atoms with Crippen LogP contribution in [0.3, 0.4) is 0 Å². The van der Waals surface area contributed by atoms with Gasteiger partial charge in [0.1, 0.15) is 4.34 Å². The fourth-order valence-electron chi connectivity index (χ4n) is 0.558. The van der Waals surface area contributed by atoms with Crippen molar-refractivity contribution in [1.29, 1.82) is 0 Å². The van der Waals surface area contributed by atoms with Gasteiger partial charge in [-0.1, -0.05) is 34.5 Å². The van der Waals surface area contributed by atoms with Crippen LogP contribution in [-0.2, 0) is 11.2 Å². The minimum atomic E-state index is -0.964. The third-order valence-corrected chi connectivity index (χ3v) is 2.38. The molecule has 0 fully saturated rings. The van der Waals surface area contributed by atoms with E-state index in [4.69, 9.17) is 28.3 Å². The normalized spacial score (nSPS) is 10.0. The number of carboxylic acid groups (broad SMARTS) is 1. The predicted octanol–water partition coefficient (Wildman–Crippen LogP) is 2.08. The second kappa shape index (κ2) is 3.38. The van der Waals surface area contributed by atoms with E-state index in [0.717, 1.165) is 11.3 Å². The first-order chi connectivity index (χ1) is 5.09. The lowest BCUT2D eigenvalue weighted by Gasteiger charge is -1.87. The number of carbonyl (C=O) groups is 1. The maximum atomic E-state index is 10.2. The molecule has 1 N–H and O–H groups in total. The molecule has 1 aromatic heterocycles. The zero-order chi connectivity index (χ0) is 8.43. The van der Waals surface area contributed by atoms with E-state index < -0.39 is 5.97 Å². The first kappa shape index (κ1) is 8.77. The topological polar surface area (TPSA) is 50.2 Å². The molecule has 0 amide bonds. The summed E-state index contributed by atoms with van der Waals surface area (Å²) in [5.74, 6) is -0.964. The van der Waals surface area contributed by atoms with Gasteiger partial charge in [0.05, 0.1) is 12.1 Å². The summed E-state index contributed by atoms with van der Waals surface area (Å²) < 4.78 is 0.614. The molecule has 0 aliphatic carbocycles. The second-order valence-corrected chi connectivity index (χ2v) is 3.94. The summed E-state index contributed by atoms with van der Waals surface area (Å²) in [4.78, 5) is 13.9. The first-order valence-electron chi connectivity index (χ1n) is 2.62. The van der Waals surface area contributed by atoms with Crippen LogP contribution in [0.1, 0.15) is 5.69 Å². The quantitative estimate of drug-likeness (QED) is 0.816. The Balaban J connectivity index is 2.85. The summed E-state index contributed by atoms with van der Waals surface area (Å²) in [5.41, 5.74) is 0.328. The highest BCUT2D eigenvalue weighted by molar-refractivity contribution is 7.19. The molecule has 60 valence electrons. The first-order valence-corrected chi connectivity index (χ1v) is 4.19. The summed E-state index contributed by atoms with van der Waals surface area (Å²) in [6.07, 6.45) is -0.179. The Bertz CT molecular complexity index is 286. The fourth-order valence-corrected chi connectivity index (χ4v) is 1.88. The Morgan fingerprint density at radius 3 is 2.64 bits per heavy atom. The smallest absolute Gasteiger partial charge is 0.309 e. The van der Waals surface area contributed by atoms with Crippen molar-refractivity contribution in [3.05, 3.63) is 14.5 Å². The second-order valence-electron chi connectivity index (χ2n) is 1.76. The van der Waals surface area contributed by atoms with Crippen molar-refractivity contribution < 1.29 is 9.90 Å². The van der Waals surface area contributed by atoms with E-state index in [9.17, 15) is 4.79 Å². The van der Waals surface area contributed by atoms with Crippen LogP contribution in [-0.4, -0.2) is 16.1 Å². The minimum absolute atomic E-state index is 0.179. The van der Waals surface area contributed by atoms with Gasteiger partial charge in [-0.3, -0.25) is 4.79 Å². The van der Waals surface area contributed by atoms with Crippen LogP contribution in [0.5, 0.6) is 0 Å². The molecule has 0 bridgehead atoms. The van der Waals surface area contributed by atoms with Crippen LogP contribution < -0.4 is 0 Å². The van der Waals surface area contributed by atoms with Gasteiger partial charge in [-0.05, 0) is 0 Å². The average molecular weight is 212 g/mol. The van der Waals surface area contributed by atoms with Crippen molar-refractivity contribution in [2.45, 2.75) is 6.42 Å². The molecule has 0 spiro atoms. The molecule has 0 aliphatic heterocycles. The Kier molecular flexibility index (Phi) is 2.70. The molecule has 0 atom stereocenters. The summed E-state index contributed by atoms with van der Waals surface area (Å²) in [5, 5.41) is 8.36. The van der Waals surface area contributed by atoms with E-state index in [2.05, 4.69) is 4.98 Å². The van der Waals surface area contributed by atoms with Crippen molar-refractivity contribution >= 4 is 40.5 Å². The summed E-state index contributed by atoms with van der Waals surface area (Å²) in [7, 11) is 0. The van der Waals surface area contributed by atoms with Crippen LogP contribution in [0.2, 0.25) is 8.80 Å². The van der Waals surface area contributed by atoms with Gasteiger partial charge in [0.15, 0.2) is 4.47 Å². The third-order valence-electron chi connectivity index (χ3n) is 0.942. The van der Waals surface area contributed by atoms with E-state index in [1.165, 1.54) is 0 Å². The van der Waals surface area contributed by atoms with Crippen LogP contribution >= 0.6 is 34.5 Å². The van der Waals surface area contributed by atoms with Gasteiger partial charge in [0.2, 0.25) is 0 Å². The van der Waals surface area contributed by atoms with Crippen LogP contribution in [0.25, 0.3) is 0 Å². The van der Waals surface area contributed by atoms with Crippen molar-refractivity contribution in [3.8, 4) is 0 Å². The van der Waals surface area contributed by atoms with Gasteiger partial charge in [0, 0.05) is 0 Å². The number of aromatic nitrogens is 1. The number of hydrogen-bond acceptors (Lipinski definition) is 3. The van der Waals surface area contributed by atoms with Gasteiger partial charge < -0.3 is 5.11 Å². The Labute approximate surface area is 76.6 Å². The molecule has 0 saturated heterocycles. The predicted molar refractivity (Wildman–Crippen MR) is 43.5 cm³/mol. The zero-order valence-electron chi connectivity index (χ0n) is 5.17. The van der Waals surface area contributed by atoms with Crippen molar-refractivity contribution in [1.82, 2.24) is 4.98 Å². The number of nitrogens with zero attached hydrogens (tertiary/aromatic N) is 1. The molecule has 0 saturated carbocycles. The summed E-state index contributed by atoms with van der Waals surface area (Å²) in [6.45, 7) is 0. The highest BCUT2D eigenvalue weighted by atomic mass is 35.5. The van der Waals surface area contributed by atoms with Gasteiger partial charge in [0.25, 0.3) is 0 Å². The molecule has 0 aromatic carbocycles. The lowest BCUT2D eigenvalue weighted by atomic mass is 10.3. The number of hydrogen-bond donors (Lipinski definition) is 1. The van der Waals surface area contributed by atoms with Crippen molar-refractivity contribution in [3.63, 3.8) is 0 Å². The molecule has 1 aromatic rings. The Morgan fingerprint density at radius 1 is 1.64 bits per heavy atom. The molecule has 0 aliphatic rings. The third kappa shape index (κ3) is 2.32. The lowest BCUT2D eigenvalue weighted by Crippen LogP contribution is -2.00. The van der Waals surface area contributed by atoms with Crippen LogP contribution in [0.4, 0.5) is 0 Å². The summed E-state index contributed by atoms with van der Waals surface area (Å²) in [6, 6.07) is 0. The summed E-state index contributed by atoms with van der Waals surface area (Å²) >= 11 is 12.1. The van der Waals surface area contributed by atoms with Gasteiger partial charge in [-0.15, -0.1) is 0 Å². The highest BCUT2D eigenvalue weighted by Gasteiger charge is 2.10. The van der Waals surface area contributed by atoms with E-state index in [1.807, 2.05) is 0 Å². The number of aliphatic carboxylic acids is 1. The van der Waals surface area contributed by atoms with Crippen molar-refractivity contribution in [2.75, 3.05) is 0 Å². The molecule has 0 unspecified atom stereocenters. The van der Waals surface area contributed by atoms with Crippen molar-refractivity contribution in [2.24, 2.45) is 0 Å².